The smallest absolute Gasteiger partial charge is 0.297 e. The summed E-state index contributed by atoms with van der Waals surface area (Å²) in [6.07, 6.45) is 0. The fourth-order valence-electron chi connectivity index (χ4n) is 0.858. The van der Waals surface area contributed by atoms with Crippen LogP contribution in [0.2, 0.25) is 0 Å². The largest absolute Gasteiger partial charge is 0.503 e. The van der Waals surface area contributed by atoms with Gasteiger partial charge in [-0.05, 0) is 38.5 Å². The van der Waals surface area contributed by atoms with Crippen molar-refractivity contribution in [2.75, 3.05) is 0 Å². The lowest BCUT2D eigenvalue weighted by molar-refractivity contribution is 0.361. The van der Waals surface area contributed by atoms with E-state index >= 15 is 0 Å². The van der Waals surface area contributed by atoms with Gasteiger partial charge in [-0.15, -0.1) is 0 Å². The zero-order chi connectivity index (χ0) is 12.0. The van der Waals surface area contributed by atoms with Crippen molar-refractivity contribution in [3.8, 4) is 17.2 Å². The Kier molecular flexibility index (Phi) is 3.38. The van der Waals surface area contributed by atoms with E-state index in [2.05, 4.69) is 15.9 Å². The Morgan fingerprint density at radius 3 is 1.93 bits per heavy atom. The molecule has 0 aromatic heterocycles. The molecule has 0 amide bonds. The van der Waals surface area contributed by atoms with Crippen LogP contribution in [0.5, 0.6) is 17.2 Å². The Bertz CT molecular complexity index is 496. The summed E-state index contributed by atoms with van der Waals surface area (Å²) < 4.78 is 29.9. The molecule has 1 rings (SSSR count). The first kappa shape index (κ1) is 12.8. The third-order valence-electron chi connectivity index (χ3n) is 1.52. The van der Waals surface area contributed by atoms with E-state index in [1.165, 1.54) is 22.6 Å². The average molecular weight is 411 g/mol. The summed E-state index contributed by atoms with van der Waals surface area (Å²) in [5.74, 6) is -2.54. The molecular formula is C6H4BrIO6S. The number of hydrogen-bond donors (Lipinski definition) is 4. The van der Waals surface area contributed by atoms with E-state index in [-0.39, 0.29) is 3.57 Å². The van der Waals surface area contributed by atoms with Gasteiger partial charge in [0.15, 0.2) is 11.5 Å². The van der Waals surface area contributed by atoms with Crippen molar-refractivity contribution >= 4 is 48.6 Å². The second kappa shape index (κ2) is 3.96. The molecule has 0 bridgehead atoms. The van der Waals surface area contributed by atoms with Gasteiger partial charge in [0.2, 0.25) is 5.75 Å². The molecule has 0 unspecified atom stereocenters. The van der Waals surface area contributed by atoms with Gasteiger partial charge >= 0.3 is 0 Å². The summed E-state index contributed by atoms with van der Waals surface area (Å²) >= 11 is 4.09. The van der Waals surface area contributed by atoms with Crippen molar-refractivity contribution in [3.63, 3.8) is 0 Å². The molecule has 0 saturated heterocycles. The highest BCUT2D eigenvalue weighted by atomic mass is 127. The number of phenols is 3. The third-order valence-corrected chi connectivity index (χ3v) is 4.90. The molecule has 15 heavy (non-hydrogen) atoms. The monoisotopic (exact) mass is 410 g/mol. The predicted molar refractivity (Wildman–Crippen MR) is 61.7 cm³/mol. The summed E-state index contributed by atoms with van der Waals surface area (Å²) in [5.41, 5.74) is 0. The average Bonchev–Trinajstić information content (AvgIpc) is 2.09. The van der Waals surface area contributed by atoms with Crippen molar-refractivity contribution in [1.82, 2.24) is 0 Å². The van der Waals surface area contributed by atoms with E-state index in [1.807, 2.05) is 0 Å². The number of phenolic OH excluding ortho intramolecular Hbond substituents is 3. The molecule has 0 aliphatic heterocycles. The van der Waals surface area contributed by atoms with Gasteiger partial charge in [-0.2, -0.15) is 8.42 Å². The van der Waals surface area contributed by atoms with Gasteiger partial charge in [0.05, 0.1) is 8.04 Å². The Morgan fingerprint density at radius 1 is 1.07 bits per heavy atom. The normalized spacial score (nSPS) is 11.7. The second-order valence-corrected chi connectivity index (χ2v) is 5.71. The predicted octanol–water partition coefficient (Wildman–Crippen LogP) is 1.42. The standard InChI is InChI=1S/C6H4BrIO6S/c7-1-3(9)5(11)4(10)2(8)6(1)15(12,13)14/h9-11H,(H,12,13,14). The highest BCUT2D eigenvalue weighted by Gasteiger charge is 2.27. The fourth-order valence-corrected chi connectivity index (χ4v) is 4.23. The molecule has 0 heterocycles. The molecule has 6 nitrogen and oxygen atoms in total. The van der Waals surface area contributed by atoms with Gasteiger partial charge < -0.3 is 15.3 Å². The first-order valence-corrected chi connectivity index (χ1v) is 6.58. The quantitative estimate of drug-likeness (QED) is 0.316. The number of aromatic hydroxyl groups is 3. The minimum absolute atomic E-state index is 0.294. The lowest BCUT2D eigenvalue weighted by atomic mass is 10.3. The fraction of sp³-hybridized carbons (Fsp3) is 0. The maximum absolute atomic E-state index is 10.9. The van der Waals surface area contributed by atoms with Crippen LogP contribution in [-0.4, -0.2) is 28.3 Å². The number of benzene rings is 1. The van der Waals surface area contributed by atoms with Gasteiger partial charge in [0, 0.05) is 0 Å². The zero-order valence-corrected chi connectivity index (χ0v) is 11.3. The van der Waals surface area contributed by atoms with E-state index in [0.717, 1.165) is 0 Å². The van der Waals surface area contributed by atoms with Gasteiger partial charge in [-0.3, -0.25) is 4.55 Å². The molecule has 9 heteroatoms. The van der Waals surface area contributed by atoms with E-state index in [9.17, 15) is 18.6 Å². The SMILES string of the molecule is O=S(=O)(O)c1c(Br)c(O)c(O)c(O)c1I. The first-order chi connectivity index (χ1) is 6.68. The van der Waals surface area contributed by atoms with Gasteiger partial charge in [0.1, 0.15) is 4.90 Å². The highest BCUT2D eigenvalue weighted by molar-refractivity contribution is 14.1. The minimum Gasteiger partial charge on any atom is -0.503 e. The van der Waals surface area contributed by atoms with Crippen molar-refractivity contribution in [3.05, 3.63) is 8.04 Å². The van der Waals surface area contributed by atoms with Crippen molar-refractivity contribution in [1.29, 1.82) is 0 Å². The third kappa shape index (κ3) is 2.14. The highest BCUT2D eigenvalue weighted by Crippen LogP contribution is 2.47. The number of halogens is 2. The molecular weight excluding hydrogens is 407 g/mol. The molecule has 0 radical (unpaired) electrons. The van der Waals surface area contributed by atoms with E-state index in [4.69, 9.17) is 9.66 Å². The Hall–Kier alpha value is -0.260. The summed E-state index contributed by atoms with van der Waals surface area (Å²) in [6, 6.07) is 0. The maximum Gasteiger partial charge on any atom is 0.297 e. The van der Waals surface area contributed by atoms with Crippen LogP contribution in [0.1, 0.15) is 0 Å². The van der Waals surface area contributed by atoms with Crippen LogP contribution < -0.4 is 0 Å². The van der Waals surface area contributed by atoms with Crippen LogP contribution >= 0.6 is 38.5 Å². The first-order valence-electron chi connectivity index (χ1n) is 3.27. The lowest BCUT2D eigenvalue weighted by Crippen LogP contribution is -2.02. The summed E-state index contributed by atoms with van der Waals surface area (Å²) in [7, 11) is -4.61. The summed E-state index contributed by atoms with van der Waals surface area (Å²) in [4.78, 5) is -0.698. The molecule has 0 spiro atoms. The molecule has 84 valence electrons. The Labute approximate surface area is 107 Å². The minimum atomic E-state index is -4.61. The van der Waals surface area contributed by atoms with Crippen LogP contribution in [0.15, 0.2) is 9.37 Å². The zero-order valence-electron chi connectivity index (χ0n) is 6.77. The second-order valence-electron chi connectivity index (χ2n) is 2.48. The molecule has 4 N–H and O–H groups in total. The molecule has 0 aliphatic carbocycles. The molecule has 0 saturated carbocycles. The molecule has 0 fully saturated rings. The number of hydrogen-bond acceptors (Lipinski definition) is 5. The summed E-state index contributed by atoms with van der Waals surface area (Å²) in [5, 5.41) is 27.6. The van der Waals surface area contributed by atoms with Gasteiger partial charge in [-0.25, -0.2) is 0 Å². The van der Waals surface area contributed by atoms with Crippen LogP contribution in [-0.2, 0) is 10.1 Å². The molecule has 0 aliphatic rings. The maximum atomic E-state index is 10.9. The molecule has 0 atom stereocenters. The Balaban J connectivity index is 3.84. The van der Waals surface area contributed by atoms with Crippen molar-refractivity contribution < 1.29 is 28.3 Å². The van der Waals surface area contributed by atoms with E-state index in [0.29, 0.717) is 0 Å². The van der Waals surface area contributed by atoms with Crippen molar-refractivity contribution in [2.24, 2.45) is 0 Å². The van der Waals surface area contributed by atoms with Gasteiger partial charge in [0.25, 0.3) is 10.1 Å². The van der Waals surface area contributed by atoms with Crippen LogP contribution in [0.4, 0.5) is 0 Å². The van der Waals surface area contributed by atoms with Crippen LogP contribution in [0, 0.1) is 3.57 Å². The number of rotatable bonds is 1. The van der Waals surface area contributed by atoms with Crippen LogP contribution in [0.3, 0.4) is 0 Å². The lowest BCUT2D eigenvalue weighted by Gasteiger charge is -2.10. The van der Waals surface area contributed by atoms with E-state index < -0.39 is 36.7 Å². The molecule has 1 aromatic rings. The Morgan fingerprint density at radius 2 is 1.53 bits per heavy atom. The van der Waals surface area contributed by atoms with Crippen molar-refractivity contribution in [2.45, 2.75) is 4.90 Å². The van der Waals surface area contributed by atoms with E-state index in [1.54, 1.807) is 0 Å². The topological polar surface area (TPSA) is 115 Å². The molecule has 1 aromatic carbocycles. The van der Waals surface area contributed by atoms with Crippen LogP contribution in [0.25, 0.3) is 0 Å². The summed E-state index contributed by atoms with van der Waals surface area (Å²) in [6.45, 7) is 0. The van der Waals surface area contributed by atoms with Gasteiger partial charge in [-0.1, -0.05) is 0 Å².